The number of methoxy groups -OCH3 is 1. The van der Waals surface area contributed by atoms with E-state index in [0.717, 1.165) is 18.7 Å². The molecule has 1 aromatic rings. The van der Waals surface area contributed by atoms with Gasteiger partial charge in [0, 0.05) is 12.1 Å². The summed E-state index contributed by atoms with van der Waals surface area (Å²) < 4.78 is 5.15. The summed E-state index contributed by atoms with van der Waals surface area (Å²) in [5.41, 5.74) is 1.10. The van der Waals surface area contributed by atoms with Crippen LogP contribution in [0.5, 0.6) is 5.75 Å². The molecule has 18 heavy (non-hydrogen) atoms. The molecule has 3 heteroatoms. The molecule has 0 radical (unpaired) electrons. The Kier molecular flexibility index (Phi) is 5.63. The molecule has 3 nitrogen and oxygen atoms in total. The van der Waals surface area contributed by atoms with Crippen molar-refractivity contribution in [1.29, 1.82) is 0 Å². The molecule has 0 aromatic heterocycles. The molecule has 0 spiro atoms. The van der Waals surface area contributed by atoms with Crippen LogP contribution < -0.4 is 10.1 Å². The van der Waals surface area contributed by atoms with Gasteiger partial charge in [0.2, 0.25) is 0 Å². The first-order chi connectivity index (χ1) is 8.54. The molecule has 0 saturated carbocycles. The Balaban J connectivity index is 2.56. The van der Waals surface area contributed by atoms with Crippen LogP contribution in [0.3, 0.4) is 0 Å². The van der Waals surface area contributed by atoms with Gasteiger partial charge in [-0.2, -0.15) is 0 Å². The Morgan fingerprint density at radius 3 is 2.39 bits per heavy atom. The first kappa shape index (κ1) is 15.0. The van der Waals surface area contributed by atoms with Gasteiger partial charge in [0.1, 0.15) is 5.75 Å². The maximum Gasteiger partial charge on any atom is 0.118 e. The lowest BCUT2D eigenvalue weighted by Crippen LogP contribution is -2.46. The number of ether oxygens (including phenoxy) is 1. The van der Waals surface area contributed by atoms with Crippen molar-refractivity contribution in [3.8, 4) is 5.75 Å². The second kappa shape index (κ2) is 6.76. The largest absolute Gasteiger partial charge is 0.497 e. The summed E-state index contributed by atoms with van der Waals surface area (Å²) >= 11 is 0. The number of nitrogens with one attached hydrogen (secondary N) is 1. The molecule has 0 aliphatic rings. The maximum atomic E-state index is 9.36. The molecule has 0 heterocycles. The number of benzene rings is 1. The van der Waals surface area contributed by atoms with E-state index >= 15 is 0 Å². The van der Waals surface area contributed by atoms with Crippen molar-refractivity contribution < 1.29 is 9.84 Å². The van der Waals surface area contributed by atoms with Crippen molar-refractivity contribution in [2.24, 2.45) is 0 Å². The molecular formula is C15H25NO2. The number of rotatable bonds is 7. The average molecular weight is 251 g/mol. The third kappa shape index (κ3) is 4.00. The zero-order valence-corrected chi connectivity index (χ0v) is 11.9. The summed E-state index contributed by atoms with van der Waals surface area (Å²) in [4.78, 5) is 0. The fraction of sp³-hybridized carbons (Fsp3) is 0.600. The van der Waals surface area contributed by atoms with Crippen LogP contribution in [0, 0.1) is 0 Å². The quantitative estimate of drug-likeness (QED) is 0.782. The number of aliphatic hydroxyl groups is 1. The van der Waals surface area contributed by atoms with Gasteiger partial charge in [-0.25, -0.2) is 0 Å². The lowest BCUT2D eigenvalue weighted by Gasteiger charge is -2.29. The van der Waals surface area contributed by atoms with Gasteiger partial charge in [0.05, 0.1) is 13.7 Å². The van der Waals surface area contributed by atoms with Gasteiger partial charge in [-0.05, 0) is 37.0 Å². The molecule has 2 N–H and O–H groups in total. The summed E-state index contributed by atoms with van der Waals surface area (Å²) in [7, 11) is 1.67. The number of aliphatic hydroxyl groups excluding tert-OH is 1. The van der Waals surface area contributed by atoms with Crippen LogP contribution in [-0.2, 0) is 0 Å². The second-order valence-corrected chi connectivity index (χ2v) is 5.13. The summed E-state index contributed by atoms with van der Waals surface area (Å²) in [5.74, 6) is 1.29. The van der Waals surface area contributed by atoms with E-state index in [9.17, 15) is 5.11 Å². The first-order valence-electron chi connectivity index (χ1n) is 6.54. The summed E-state index contributed by atoms with van der Waals surface area (Å²) in [6.45, 7) is 7.34. The minimum Gasteiger partial charge on any atom is -0.497 e. The Labute approximate surface area is 110 Å². The lowest BCUT2D eigenvalue weighted by atomic mass is 9.96. The van der Waals surface area contributed by atoms with Crippen molar-refractivity contribution in [2.45, 2.75) is 38.6 Å². The third-order valence-corrected chi connectivity index (χ3v) is 3.65. The predicted molar refractivity (Wildman–Crippen MR) is 75.2 cm³/mol. The van der Waals surface area contributed by atoms with Crippen molar-refractivity contribution in [3.05, 3.63) is 29.8 Å². The highest BCUT2D eigenvalue weighted by atomic mass is 16.5. The molecule has 0 amide bonds. The van der Waals surface area contributed by atoms with Crippen LogP contribution in [0.25, 0.3) is 0 Å². The highest BCUT2D eigenvalue weighted by Crippen LogP contribution is 2.19. The highest BCUT2D eigenvalue weighted by molar-refractivity contribution is 5.29. The van der Waals surface area contributed by atoms with Crippen molar-refractivity contribution >= 4 is 0 Å². The molecule has 0 aliphatic carbocycles. The van der Waals surface area contributed by atoms with E-state index in [-0.39, 0.29) is 12.1 Å². The van der Waals surface area contributed by atoms with Crippen LogP contribution >= 0.6 is 0 Å². The number of hydrogen-bond donors (Lipinski definition) is 2. The van der Waals surface area contributed by atoms with E-state index in [4.69, 9.17) is 4.74 Å². The molecule has 0 fully saturated rings. The molecule has 0 saturated heterocycles. The summed E-state index contributed by atoms with van der Waals surface area (Å²) in [6, 6.07) is 8.15. The van der Waals surface area contributed by atoms with Crippen LogP contribution in [0.15, 0.2) is 24.3 Å². The van der Waals surface area contributed by atoms with E-state index in [0.29, 0.717) is 5.92 Å². The fourth-order valence-corrected chi connectivity index (χ4v) is 1.74. The van der Waals surface area contributed by atoms with Crippen molar-refractivity contribution in [1.82, 2.24) is 5.32 Å². The molecule has 1 rings (SSSR count). The summed E-state index contributed by atoms with van der Waals surface area (Å²) in [6.07, 6.45) is 0.916. The van der Waals surface area contributed by atoms with Gasteiger partial charge < -0.3 is 15.2 Å². The van der Waals surface area contributed by atoms with Crippen LogP contribution in [0.2, 0.25) is 0 Å². The minimum absolute atomic E-state index is 0.166. The van der Waals surface area contributed by atoms with Gasteiger partial charge >= 0.3 is 0 Å². The molecule has 102 valence electrons. The van der Waals surface area contributed by atoms with Crippen molar-refractivity contribution in [3.63, 3.8) is 0 Å². The Hall–Kier alpha value is -1.06. The highest BCUT2D eigenvalue weighted by Gasteiger charge is 2.20. The Morgan fingerprint density at radius 1 is 1.33 bits per heavy atom. The monoisotopic (exact) mass is 251 g/mol. The minimum atomic E-state index is -0.180. The normalized spacial score (nSPS) is 16.1. The number of hydrogen-bond acceptors (Lipinski definition) is 3. The Bertz CT molecular complexity index is 344. The van der Waals surface area contributed by atoms with Gasteiger partial charge in [0.25, 0.3) is 0 Å². The standard InChI is InChI=1S/C15H25NO2/c1-5-15(3,11-17)16-10-12(2)13-6-8-14(18-4)9-7-13/h6-9,12,16-17H,5,10-11H2,1-4H3. The van der Waals surface area contributed by atoms with E-state index in [2.05, 4.69) is 31.3 Å². The van der Waals surface area contributed by atoms with Crippen molar-refractivity contribution in [2.75, 3.05) is 20.3 Å². The SMILES string of the molecule is CCC(C)(CO)NCC(C)c1ccc(OC)cc1. The predicted octanol–water partition coefficient (Wildman–Crippen LogP) is 2.55. The first-order valence-corrected chi connectivity index (χ1v) is 6.54. The maximum absolute atomic E-state index is 9.36. The Morgan fingerprint density at radius 2 is 1.94 bits per heavy atom. The van der Waals surface area contributed by atoms with Gasteiger partial charge in [-0.1, -0.05) is 26.0 Å². The van der Waals surface area contributed by atoms with Crippen LogP contribution in [0.4, 0.5) is 0 Å². The van der Waals surface area contributed by atoms with E-state index < -0.39 is 0 Å². The third-order valence-electron chi connectivity index (χ3n) is 3.65. The second-order valence-electron chi connectivity index (χ2n) is 5.13. The molecule has 0 bridgehead atoms. The van der Waals surface area contributed by atoms with Crippen LogP contribution in [-0.4, -0.2) is 30.9 Å². The van der Waals surface area contributed by atoms with E-state index in [1.54, 1.807) is 7.11 Å². The smallest absolute Gasteiger partial charge is 0.118 e. The van der Waals surface area contributed by atoms with Crippen LogP contribution in [0.1, 0.15) is 38.7 Å². The zero-order valence-electron chi connectivity index (χ0n) is 11.9. The fourth-order valence-electron chi connectivity index (χ4n) is 1.74. The topological polar surface area (TPSA) is 41.5 Å². The lowest BCUT2D eigenvalue weighted by molar-refractivity contribution is 0.169. The van der Waals surface area contributed by atoms with Gasteiger partial charge in [-0.3, -0.25) is 0 Å². The molecule has 0 aliphatic heterocycles. The van der Waals surface area contributed by atoms with Gasteiger partial charge in [-0.15, -0.1) is 0 Å². The molecular weight excluding hydrogens is 226 g/mol. The van der Waals surface area contributed by atoms with E-state index in [1.807, 2.05) is 19.1 Å². The molecule has 2 unspecified atom stereocenters. The van der Waals surface area contributed by atoms with E-state index in [1.165, 1.54) is 5.56 Å². The zero-order chi connectivity index (χ0) is 13.6. The molecule has 1 aromatic carbocycles. The molecule has 2 atom stereocenters. The van der Waals surface area contributed by atoms with Gasteiger partial charge in [0.15, 0.2) is 0 Å². The summed E-state index contributed by atoms with van der Waals surface area (Å²) in [5, 5.41) is 12.8. The average Bonchev–Trinajstić information content (AvgIpc) is 2.44.